The normalized spacial score (nSPS) is 15.2. The summed E-state index contributed by atoms with van der Waals surface area (Å²) in [6, 6.07) is 13.7. The fourth-order valence-electron chi connectivity index (χ4n) is 4.25. The van der Waals surface area contributed by atoms with Crippen LogP contribution in [0.3, 0.4) is 0 Å². The van der Waals surface area contributed by atoms with Crippen LogP contribution in [0, 0.1) is 11.6 Å². The van der Waals surface area contributed by atoms with Crippen molar-refractivity contribution in [2.24, 2.45) is 0 Å². The van der Waals surface area contributed by atoms with Gasteiger partial charge in [-0.05, 0) is 59.7 Å². The third-order valence-corrected chi connectivity index (χ3v) is 6.97. The zero-order valence-corrected chi connectivity index (χ0v) is 19.3. The summed E-state index contributed by atoms with van der Waals surface area (Å²) in [7, 11) is 0. The highest BCUT2D eigenvalue weighted by molar-refractivity contribution is 7.10. The van der Waals surface area contributed by atoms with Crippen LogP contribution in [-0.2, 0) is 11.2 Å². The van der Waals surface area contributed by atoms with E-state index in [1.807, 2.05) is 18.4 Å². The Bertz CT molecular complexity index is 1130. The Morgan fingerprint density at radius 1 is 1.09 bits per heavy atom. The summed E-state index contributed by atoms with van der Waals surface area (Å²) >= 11 is 1.65. The Morgan fingerprint density at radius 2 is 1.85 bits per heavy atom. The van der Waals surface area contributed by atoms with E-state index >= 15 is 0 Å². The molecule has 0 saturated heterocycles. The summed E-state index contributed by atoms with van der Waals surface area (Å²) in [6.07, 6.45) is 2.28. The highest BCUT2D eigenvalue weighted by Crippen LogP contribution is 2.38. The Balaban J connectivity index is 1.62. The molecule has 0 fully saturated rings. The van der Waals surface area contributed by atoms with E-state index in [2.05, 4.69) is 0 Å². The van der Waals surface area contributed by atoms with Crippen molar-refractivity contribution in [3.8, 4) is 0 Å². The average Bonchev–Trinajstić information content (AvgIpc) is 3.30. The highest BCUT2D eigenvalue weighted by Gasteiger charge is 2.34. The van der Waals surface area contributed by atoms with Gasteiger partial charge in [-0.3, -0.25) is 9.59 Å². The van der Waals surface area contributed by atoms with Gasteiger partial charge in [0, 0.05) is 18.0 Å². The maximum atomic E-state index is 14.3. The molecule has 2 aromatic carbocycles. The summed E-state index contributed by atoms with van der Waals surface area (Å²) in [5, 5.41) is 2.00. The number of hydrogen-bond donors (Lipinski definition) is 0. The van der Waals surface area contributed by atoms with Gasteiger partial charge in [0.25, 0.3) is 5.91 Å². The maximum Gasteiger partial charge on any atom is 0.257 e. The number of amides is 2. The summed E-state index contributed by atoms with van der Waals surface area (Å²) in [5.74, 6) is -1.62. The number of nitrogens with zero attached hydrogens (tertiary/aromatic N) is 2. The molecule has 4 rings (SSSR count). The molecule has 0 saturated carbocycles. The summed E-state index contributed by atoms with van der Waals surface area (Å²) in [5.41, 5.74) is 1.83. The SMILES string of the molecule is CCCCN(CC(=O)N1CCc2sccc2C1c1ccc(F)cc1)C(=O)c1ccccc1F. The number of hydrogen-bond acceptors (Lipinski definition) is 3. The van der Waals surface area contributed by atoms with E-state index in [0.717, 1.165) is 24.0 Å². The van der Waals surface area contributed by atoms with Crippen molar-refractivity contribution in [1.29, 1.82) is 0 Å². The van der Waals surface area contributed by atoms with Crippen LogP contribution in [0.25, 0.3) is 0 Å². The second-order valence-corrected chi connectivity index (χ2v) is 9.15. The lowest BCUT2D eigenvalue weighted by atomic mass is 9.93. The summed E-state index contributed by atoms with van der Waals surface area (Å²) in [6.45, 7) is 2.74. The van der Waals surface area contributed by atoms with Crippen molar-refractivity contribution >= 4 is 23.2 Å². The molecule has 172 valence electrons. The predicted octanol–water partition coefficient (Wildman–Crippen LogP) is 5.44. The van der Waals surface area contributed by atoms with Crippen molar-refractivity contribution in [2.75, 3.05) is 19.6 Å². The third kappa shape index (κ3) is 4.98. The minimum atomic E-state index is -0.596. The number of carbonyl (C=O) groups excluding carboxylic acids is 2. The predicted molar refractivity (Wildman–Crippen MR) is 125 cm³/mol. The van der Waals surface area contributed by atoms with E-state index in [-0.39, 0.29) is 29.9 Å². The molecule has 4 nitrogen and oxygen atoms in total. The Morgan fingerprint density at radius 3 is 2.58 bits per heavy atom. The number of benzene rings is 2. The van der Waals surface area contributed by atoms with E-state index in [1.165, 1.54) is 40.1 Å². The Hall–Kier alpha value is -3.06. The van der Waals surface area contributed by atoms with Crippen LogP contribution in [0.1, 0.15) is 52.2 Å². The van der Waals surface area contributed by atoms with Crippen LogP contribution in [0.5, 0.6) is 0 Å². The monoisotopic (exact) mass is 468 g/mol. The molecule has 0 radical (unpaired) electrons. The third-order valence-electron chi connectivity index (χ3n) is 5.97. The van der Waals surface area contributed by atoms with Crippen molar-refractivity contribution < 1.29 is 18.4 Å². The van der Waals surface area contributed by atoms with Gasteiger partial charge in [-0.1, -0.05) is 37.6 Å². The lowest BCUT2D eigenvalue weighted by Gasteiger charge is -2.37. The molecule has 0 spiro atoms. The van der Waals surface area contributed by atoms with Gasteiger partial charge in [-0.2, -0.15) is 0 Å². The van der Waals surface area contributed by atoms with E-state index in [9.17, 15) is 18.4 Å². The first-order valence-electron chi connectivity index (χ1n) is 11.1. The van der Waals surface area contributed by atoms with E-state index in [4.69, 9.17) is 0 Å². The van der Waals surface area contributed by atoms with E-state index < -0.39 is 11.7 Å². The fourth-order valence-corrected chi connectivity index (χ4v) is 5.15. The molecule has 1 unspecified atom stereocenters. The van der Waals surface area contributed by atoms with Crippen molar-refractivity contribution in [3.05, 3.63) is 93.2 Å². The lowest BCUT2D eigenvalue weighted by molar-refractivity contribution is -0.134. The first kappa shape index (κ1) is 23.1. The molecule has 7 heteroatoms. The molecule has 1 atom stereocenters. The van der Waals surface area contributed by atoms with E-state index in [0.29, 0.717) is 19.5 Å². The average molecular weight is 469 g/mol. The largest absolute Gasteiger partial charge is 0.330 e. The standard InChI is InChI=1S/C26H26F2N2O2S/c1-2-3-14-29(26(32)20-6-4-5-7-22(20)28)17-24(31)30-15-12-23-21(13-16-33-23)25(30)18-8-10-19(27)11-9-18/h4-11,13,16,25H,2-3,12,14-15,17H2,1H3. The quantitative estimate of drug-likeness (QED) is 0.463. The van der Waals surface area contributed by atoms with Crippen LogP contribution in [0.2, 0.25) is 0 Å². The van der Waals surface area contributed by atoms with Crippen molar-refractivity contribution in [2.45, 2.75) is 32.2 Å². The molecule has 2 heterocycles. The number of rotatable bonds is 7. The molecule has 2 amide bonds. The molecule has 0 N–H and O–H groups in total. The topological polar surface area (TPSA) is 40.6 Å². The molecule has 0 bridgehead atoms. The molecule has 1 aliphatic heterocycles. The molecule has 0 aliphatic carbocycles. The smallest absolute Gasteiger partial charge is 0.257 e. The number of halogens is 2. The zero-order chi connectivity index (χ0) is 23.4. The highest BCUT2D eigenvalue weighted by atomic mass is 32.1. The van der Waals surface area contributed by atoms with Crippen molar-refractivity contribution in [1.82, 2.24) is 9.80 Å². The number of carbonyl (C=O) groups is 2. The second-order valence-electron chi connectivity index (χ2n) is 8.15. The van der Waals surface area contributed by atoms with Gasteiger partial charge >= 0.3 is 0 Å². The number of fused-ring (bicyclic) bond motifs is 1. The van der Waals surface area contributed by atoms with Gasteiger partial charge in [0.1, 0.15) is 18.2 Å². The zero-order valence-electron chi connectivity index (χ0n) is 18.5. The number of thiophene rings is 1. The summed E-state index contributed by atoms with van der Waals surface area (Å²) < 4.78 is 27.9. The van der Waals surface area contributed by atoms with Gasteiger partial charge in [-0.15, -0.1) is 11.3 Å². The fraction of sp³-hybridized carbons (Fsp3) is 0.308. The Kier molecular flexibility index (Phi) is 7.18. The number of unbranched alkanes of at least 4 members (excludes halogenated alkanes) is 1. The second kappa shape index (κ2) is 10.3. The van der Waals surface area contributed by atoms with E-state index in [1.54, 1.807) is 34.4 Å². The maximum absolute atomic E-state index is 14.3. The molecule has 1 aromatic heterocycles. The van der Waals surface area contributed by atoms with Crippen LogP contribution in [0.15, 0.2) is 60.0 Å². The van der Waals surface area contributed by atoms with Gasteiger partial charge in [0.2, 0.25) is 5.91 Å². The van der Waals surface area contributed by atoms with Crippen LogP contribution < -0.4 is 0 Å². The summed E-state index contributed by atoms with van der Waals surface area (Å²) in [4.78, 5) is 31.1. The minimum Gasteiger partial charge on any atom is -0.330 e. The van der Waals surface area contributed by atoms with Gasteiger partial charge in [-0.25, -0.2) is 8.78 Å². The molecule has 33 heavy (non-hydrogen) atoms. The minimum absolute atomic E-state index is 0.0322. The molecule has 1 aliphatic rings. The van der Waals surface area contributed by atoms with Crippen LogP contribution in [0.4, 0.5) is 8.78 Å². The molecular weight excluding hydrogens is 442 g/mol. The molecule has 3 aromatic rings. The van der Waals surface area contributed by atoms with Crippen LogP contribution >= 0.6 is 11.3 Å². The van der Waals surface area contributed by atoms with Crippen molar-refractivity contribution in [3.63, 3.8) is 0 Å². The first-order chi connectivity index (χ1) is 16.0. The Labute approximate surface area is 196 Å². The van der Waals surface area contributed by atoms with Gasteiger partial charge in [0.05, 0.1) is 11.6 Å². The van der Waals surface area contributed by atoms with Crippen LogP contribution in [-0.4, -0.2) is 41.2 Å². The first-order valence-corrected chi connectivity index (χ1v) is 12.0. The van der Waals surface area contributed by atoms with Gasteiger partial charge < -0.3 is 9.80 Å². The molecular formula is C26H26F2N2O2S. The lowest BCUT2D eigenvalue weighted by Crippen LogP contribution is -2.47. The van der Waals surface area contributed by atoms with Gasteiger partial charge in [0.15, 0.2) is 0 Å².